The fourth-order valence-electron chi connectivity index (χ4n) is 3.57. The van der Waals surface area contributed by atoms with Crippen molar-refractivity contribution in [2.75, 3.05) is 35.5 Å². The van der Waals surface area contributed by atoms with Gasteiger partial charge in [0.2, 0.25) is 5.75 Å². The third kappa shape index (κ3) is 3.54. The summed E-state index contributed by atoms with van der Waals surface area (Å²) < 4.78 is 31.9. The highest BCUT2D eigenvalue weighted by molar-refractivity contribution is 6.09. The summed E-state index contributed by atoms with van der Waals surface area (Å²) in [7, 11) is 7.28. The first-order chi connectivity index (χ1) is 14.5. The Morgan fingerprint density at radius 2 is 1.50 bits per heavy atom. The molecule has 0 heterocycles. The summed E-state index contributed by atoms with van der Waals surface area (Å²) in [6.07, 6.45) is 0.0862. The van der Waals surface area contributed by atoms with Crippen LogP contribution in [0, 0.1) is 0 Å². The molecule has 0 fully saturated rings. The van der Waals surface area contributed by atoms with Crippen molar-refractivity contribution in [1.82, 2.24) is 0 Å². The molecule has 9 nitrogen and oxygen atoms in total. The minimum atomic E-state index is -0.895. The molecule has 2 aromatic carbocycles. The molecule has 0 atom stereocenters. The second-order valence-electron chi connectivity index (χ2n) is 6.33. The van der Waals surface area contributed by atoms with E-state index in [1.165, 1.54) is 28.4 Å². The van der Waals surface area contributed by atoms with Gasteiger partial charge in [-0.1, -0.05) is 5.16 Å². The monoisotopic (exact) mass is 417 g/mol. The maximum Gasteiger partial charge on any atom is 0.513 e. The summed E-state index contributed by atoms with van der Waals surface area (Å²) in [5.74, 6) is 1.85. The Labute approximate surface area is 173 Å². The number of methoxy groups -OCH3 is 5. The van der Waals surface area contributed by atoms with Gasteiger partial charge in [0.25, 0.3) is 0 Å². The van der Waals surface area contributed by atoms with Crippen LogP contribution in [0.1, 0.15) is 17.5 Å². The van der Waals surface area contributed by atoms with E-state index in [0.717, 1.165) is 11.1 Å². The number of benzene rings is 2. The minimum Gasteiger partial charge on any atom is -0.493 e. The van der Waals surface area contributed by atoms with Crippen LogP contribution >= 0.6 is 0 Å². The zero-order chi connectivity index (χ0) is 21.8. The Kier molecular flexibility index (Phi) is 6.20. The number of aryl methyl sites for hydroxylation is 1. The van der Waals surface area contributed by atoms with E-state index in [0.29, 0.717) is 52.7 Å². The van der Waals surface area contributed by atoms with Gasteiger partial charge in [0, 0.05) is 11.1 Å². The molecule has 1 aliphatic carbocycles. The van der Waals surface area contributed by atoms with Crippen molar-refractivity contribution in [3.63, 3.8) is 0 Å². The van der Waals surface area contributed by atoms with E-state index in [4.69, 9.17) is 23.7 Å². The van der Waals surface area contributed by atoms with E-state index in [-0.39, 0.29) is 5.75 Å². The van der Waals surface area contributed by atoms with Gasteiger partial charge in [-0.25, -0.2) is 4.79 Å². The zero-order valence-electron chi connectivity index (χ0n) is 17.4. The normalized spacial score (nSPS) is 13.6. The summed E-state index contributed by atoms with van der Waals surface area (Å²) >= 11 is 0. The number of hydrogen-bond donors (Lipinski definition) is 1. The largest absolute Gasteiger partial charge is 0.513 e. The van der Waals surface area contributed by atoms with Gasteiger partial charge in [0.15, 0.2) is 23.0 Å². The molecule has 0 radical (unpaired) electrons. The number of fused-ring (bicyclic) bond motifs is 3. The van der Waals surface area contributed by atoms with E-state index in [1.807, 2.05) is 6.07 Å². The summed E-state index contributed by atoms with van der Waals surface area (Å²) in [5.41, 5.74) is 3.29. The highest BCUT2D eigenvalue weighted by Crippen LogP contribution is 2.50. The number of nitrogens with zero attached hydrogens (tertiary/aromatic N) is 1. The van der Waals surface area contributed by atoms with Crippen LogP contribution in [0.15, 0.2) is 23.4 Å². The molecule has 0 aromatic heterocycles. The summed E-state index contributed by atoms with van der Waals surface area (Å²) in [6, 6.07) is 5.13. The Hall–Kier alpha value is -3.62. The Morgan fingerprint density at radius 3 is 2.07 bits per heavy atom. The fraction of sp³-hybridized carbons (Fsp3) is 0.333. The molecule has 9 heteroatoms. The molecule has 0 spiro atoms. The topological polar surface area (TPSA) is 105 Å². The molecule has 0 saturated heterocycles. The van der Waals surface area contributed by atoms with Crippen LogP contribution in [0.2, 0.25) is 0 Å². The molecule has 30 heavy (non-hydrogen) atoms. The molecule has 3 rings (SSSR count). The van der Waals surface area contributed by atoms with Crippen molar-refractivity contribution in [3.05, 3.63) is 29.3 Å². The van der Waals surface area contributed by atoms with Crippen LogP contribution in [0.3, 0.4) is 0 Å². The van der Waals surface area contributed by atoms with Crippen molar-refractivity contribution >= 4 is 11.9 Å². The summed E-state index contributed by atoms with van der Waals surface area (Å²) in [6.45, 7) is 0. The molecule has 0 unspecified atom stereocenters. The standard InChI is InChI=1S/C21H23NO8/c1-25-15-10-13-12(9-16(15)30-21(23)29-5)14(22-24)7-6-11-8-17(26-2)19(27-3)20(28-4)18(11)13/h8-10,24H,6-7H2,1-5H3. The number of carbonyl (C=O) groups is 1. The number of hydrogen-bond acceptors (Lipinski definition) is 9. The first kappa shape index (κ1) is 21.1. The summed E-state index contributed by atoms with van der Waals surface area (Å²) in [4.78, 5) is 11.7. The van der Waals surface area contributed by atoms with Crippen LogP contribution in [0.4, 0.5) is 4.79 Å². The van der Waals surface area contributed by atoms with Crippen LogP contribution in [0.25, 0.3) is 11.1 Å². The highest BCUT2D eigenvalue weighted by atomic mass is 16.7. The maximum atomic E-state index is 11.7. The van der Waals surface area contributed by atoms with Crippen molar-refractivity contribution < 1.29 is 38.4 Å². The molecular formula is C21H23NO8. The minimum absolute atomic E-state index is 0.132. The molecule has 1 aliphatic rings. The van der Waals surface area contributed by atoms with Gasteiger partial charge in [-0.15, -0.1) is 0 Å². The predicted molar refractivity (Wildman–Crippen MR) is 108 cm³/mol. The lowest BCUT2D eigenvalue weighted by Gasteiger charge is -2.20. The van der Waals surface area contributed by atoms with Gasteiger partial charge in [-0.2, -0.15) is 0 Å². The Morgan fingerprint density at radius 1 is 0.833 bits per heavy atom. The van der Waals surface area contributed by atoms with Gasteiger partial charge in [0.1, 0.15) is 0 Å². The van der Waals surface area contributed by atoms with Gasteiger partial charge < -0.3 is 33.6 Å². The molecule has 1 N–H and O–H groups in total. The average Bonchev–Trinajstić information content (AvgIpc) is 2.92. The van der Waals surface area contributed by atoms with Gasteiger partial charge >= 0.3 is 6.16 Å². The maximum absolute atomic E-state index is 11.7. The number of rotatable bonds is 5. The van der Waals surface area contributed by atoms with Crippen LogP contribution in [-0.2, 0) is 11.2 Å². The fourth-order valence-corrected chi connectivity index (χ4v) is 3.57. The van der Waals surface area contributed by atoms with Crippen molar-refractivity contribution in [2.45, 2.75) is 12.8 Å². The van der Waals surface area contributed by atoms with Crippen molar-refractivity contribution in [3.8, 4) is 39.9 Å². The van der Waals surface area contributed by atoms with Crippen LogP contribution in [0.5, 0.6) is 28.7 Å². The lowest BCUT2D eigenvalue weighted by Crippen LogP contribution is -2.10. The van der Waals surface area contributed by atoms with E-state index in [1.54, 1.807) is 19.2 Å². The number of oxime groups is 1. The van der Waals surface area contributed by atoms with E-state index < -0.39 is 6.16 Å². The molecule has 160 valence electrons. The van der Waals surface area contributed by atoms with Crippen LogP contribution in [-0.4, -0.2) is 52.6 Å². The lowest BCUT2D eigenvalue weighted by atomic mass is 9.94. The molecule has 2 aromatic rings. The number of carbonyl (C=O) groups excluding carboxylic acids is 1. The zero-order valence-corrected chi connectivity index (χ0v) is 17.4. The van der Waals surface area contributed by atoms with Crippen molar-refractivity contribution in [1.29, 1.82) is 0 Å². The first-order valence-corrected chi connectivity index (χ1v) is 9.04. The van der Waals surface area contributed by atoms with Gasteiger partial charge in [-0.3, -0.25) is 0 Å². The molecular weight excluding hydrogens is 394 g/mol. The molecule has 0 aliphatic heterocycles. The Balaban J connectivity index is 2.37. The first-order valence-electron chi connectivity index (χ1n) is 9.04. The van der Waals surface area contributed by atoms with E-state index in [2.05, 4.69) is 9.89 Å². The SMILES string of the molecule is COC(=O)Oc1cc2c(cc1OC)-c1c(cc(OC)c(OC)c1OC)CCC2=NO. The quantitative estimate of drug-likeness (QED) is 0.340. The number of ether oxygens (including phenoxy) is 6. The predicted octanol–water partition coefficient (Wildman–Crippen LogP) is 3.66. The molecule has 0 saturated carbocycles. The Bertz CT molecular complexity index is 999. The van der Waals surface area contributed by atoms with Crippen LogP contribution < -0.4 is 23.7 Å². The smallest absolute Gasteiger partial charge is 0.493 e. The third-order valence-corrected chi connectivity index (χ3v) is 4.91. The summed E-state index contributed by atoms with van der Waals surface area (Å²) in [5, 5.41) is 13.1. The van der Waals surface area contributed by atoms with E-state index in [9.17, 15) is 10.0 Å². The highest BCUT2D eigenvalue weighted by Gasteiger charge is 2.29. The van der Waals surface area contributed by atoms with E-state index >= 15 is 0 Å². The van der Waals surface area contributed by atoms with Gasteiger partial charge in [-0.05, 0) is 42.2 Å². The molecule has 0 amide bonds. The lowest BCUT2D eigenvalue weighted by molar-refractivity contribution is 0.120. The third-order valence-electron chi connectivity index (χ3n) is 4.91. The second kappa shape index (κ2) is 8.81. The molecule has 0 bridgehead atoms. The second-order valence-corrected chi connectivity index (χ2v) is 6.33. The average molecular weight is 417 g/mol. The van der Waals surface area contributed by atoms with Gasteiger partial charge in [0.05, 0.1) is 41.3 Å². The van der Waals surface area contributed by atoms with Crippen molar-refractivity contribution in [2.24, 2.45) is 5.16 Å².